The van der Waals surface area contributed by atoms with Crippen molar-refractivity contribution in [3.63, 3.8) is 0 Å². The number of rotatable bonds is 6. The lowest BCUT2D eigenvalue weighted by atomic mass is 10.1. The third-order valence-corrected chi connectivity index (χ3v) is 4.45. The molecule has 1 aliphatic rings. The number of benzene rings is 2. The maximum absolute atomic E-state index is 12.5. The van der Waals surface area contributed by atoms with Gasteiger partial charge in [0.2, 0.25) is 0 Å². The Labute approximate surface area is 165 Å². The molecular formula is C22H24O6. The summed E-state index contributed by atoms with van der Waals surface area (Å²) in [5, 5.41) is 0. The van der Waals surface area contributed by atoms with Crippen LogP contribution in [0.4, 0.5) is 0 Å². The van der Waals surface area contributed by atoms with Gasteiger partial charge < -0.3 is 18.9 Å². The van der Waals surface area contributed by atoms with Crippen LogP contribution in [-0.2, 0) is 18.9 Å². The van der Waals surface area contributed by atoms with Crippen molar-refractivity contribution < 1.29 is 29.9 Å². The first-order chi connectivity index (χ1) is 13.9. The van der Waals surface area contributed by atoms with E-state index in [9.17, 15) is 9.59 Å². The second-order valence-corrected chi connectivity index (χ2v) is 6.67. The van der Waals surface area contributed by atoms with E-state index in [4.69, 9.17) is 20.3 Å². The van der Waals surface area contributed by atoms with E-state index in [2.05, 4.69) is 0 Å². The predicted molar refractivity (Wildman–Crippen MR) is 102 cm³/mol. The zero-order chi connectivity index (χ0) is 21.0. The molecule has 0 N–H and O–H groups in total. The van der Waals surface area contributed by atoms with E-state index in [1.807, 2.05) is 26.0 Å². The van der Waals surface area contributed by atoms with Gasteiger partial charge in [-0.25, -0.2) is 9.59 Å². The van der Waals surface area contributed by atoms with E-state index in [1.54, 1.807) is 36.4 Å². The number of esters is 2. The molecule has 0 aromatic heterocycles. The summed E-state index contributed by atoms with van der Waals surface area (Å²) in [6, 6.07) is 13.9. The molecule has 0 aliphatic carbocycles. The van der Waals surface area contributed by atoms with Gasteiger partial charge in [0.25, 0.3) is 0 Å². The minimum absolute atomic E-state index is 0.159. The van der Waals surface area contributed by atoms with Crippen molar-refractivity contribution in [3.05, 3.63) is 70.8 Å². The summed E-state index contributed by atoms with van der Waals surface area (Å²) in [6.07, 6.45) is -3.57. The van der Waals surface area contributed by atoms with Crippen molar-refractivity contribution in [3.8, 4) is 0 Å². The molecule has 148 valence electrons. The Bertz CT molecular complexity index is 849. The van der Waals surface area contributed by atoms with Gasteiger partial charge in [0.15, 0.2) is 6.29 Å². The van der Waals surface area contributed by atoms with Crippen molar-refractivity contribution in [2.45, 2.75) is 38.7 Å². The monoisotopic (exact) mass is 385 g/mol. The zero-order valence-corrected chi connectivity index (χ0v) is 16.1. The van der Waals surface area contributed by atoms with E-state index in [1.165, 1.54) is 7.11 Å². The van der Waals surface area contributed by atoms with Crippen LogP contribution in [0.25, 0.3) is 0 Å². The number of aryl methyl sites for hydroxylation is 2. The number of methoxy groups -OCH3 is 1. The fourth-order valence-electron chi connectivity index (χ4n) is 2.77. The molecule has 3 rings (SSSR count). The molecule has 1 heterocycles. The lowest BCUT2D eigenvalue weighted by molar-refractivity contribution is -0.128. The number of carbonyl (C=O) groups is 2. The highest BCUT2D eigenvalue weighted by Gasteiger charge is 2.39. The maximum atomic E-state index is 12.5. The SMILES string of the molecule is [2H][C@@H]1[C@@H](OC)O[C@H](COC(=O)c2ccc(C)cc2)[C@H]1OC(=O)c1ccc(C)cc1. The lowest BCUT2D eigenvalue weighted by Crippen LogP contribution is -2.32. The fourth-order valence-corrected chi connectivity index (χ4v) is 2.77. The van der Waals surface area contributed by atoms with Crippen LogP contribution in [0.15, 0.2) is 48.5 Å². The average Bonchev–Trinajstić information content (AvgIpc) is 3.02. The quantitative estimate of drug-likeness (QED) is 0.710. The molecule has 0 saturated carbocycles. The first-order valence-corrected chi connectivity index (χ1v) is 9.01. The molecule has 1 saturated heterocycles. The molecule has 6 heteroatoms. The molecule has 0 spiro atoms. The Hall–Kier alpha value is -2.70. The molecule has 1 aliphatic heterocycles. The summed E-state index contributed by atoms with van der Waals surface area (Å²) in [4.78, 5) is 24.7. The van der Waals surface area contributed by atoms with Gasteiger partial charge in [0, 0.05) is 14.9 Å². The van der Waals surface area contributed by atoms with Crippen molar-refractivity contribution >= 4 is 11.9 Å². The molecule has 4 atom stereocenters. The molecule has 28 heavy (non-hydrogen) atoms. The molecule has 0 unspecified atom stereocenters. The highest BCUT2D eigenvalue weighted by atomic mass is 16.7. The third-order valence-electron chi connectivity index (χ3n) is 4.45. The van der Waals surface area contributed by atoms with Crippen LogP contribution in [0.1, 0.15) is 39.6 Å². The number of hydrogen-bond donors (Lipinski definition) is 0. The Kier molecular flexibility index (Phi) is 5.99. The van der Waals surface area contributed by atoms with Crippen LogP contribution >= 0.6 is 0 Å². The highest BCUT2D eigenvalue weighted by molar-refractivity contribution is 5.90. The Morgan fingerprint density at radius 3 is 2.07 bits per heavy atom. The largest absolute Gasteiger partial charge is 0.459 e. The van der Waals surface area contributed by atoms with E-state index in [0.717, 1.165) is 11.1 Å². The molecule has 2 aromatic rings. The van der Waals surface area contributed by atoms with Crippen LogP contribution in [0.5, 0.6) is 0 Å². The zero-order valence-electron chi connectivity index (χ0n) is 17.1. The molecule has 2 aromatic carbocycles. The Balaban J connectivity index is 1.66. The van der Waals surface area contributed by atoms with Gasteiger partial charge in [-0.3, -0.25) is 0 Å². The van der Waals surface area contributed by atoms with E-state index >= 15 is 0 Å². The summed E-state index contributed by atoms with van der Waals surface area (Å²) < 4.78 is 29.9. The van der Waals surface area contributed by atoms with Crippen LogP contribution in [-0.4, -0.2) is 44.2 Å². The standard InChI is InChI=1S/C22H24O6/c1-14-4-8-16(9-5-14)21(23)26-13-19-18(12-20(25-3)27-19)28-22(24)17-10-6-15(2)7-11-17/h4-11,18-20H,12-13H2,1-3H3/t18-,19+,20-/m0/s1/i12D/t12-,18-,19+,20-. The molecule has 6 nitrogen and oxygen atoms in total. The number of ether oxygens (including phenoxy) is 4. The summed E-state index contributed by atoms with van der Waals surface area (Å²) in [7, 11) is 1.41. The van der Waals surface area contributed by atoms with Crippen LogP contribution in [0.2, 0.25) is 0 Å². The second-order valence-electron chi connectivity index (χ2n) is 6.67. The van der Waals surface area contributed by atoms with Gasteiger partial charge in [-0.2, -0.15) is 0 Å². The van der Waals surface area contributed by atoms with Crippen LogP contribution < -0.4 is 0 Å². The molecule has 1 fully saturated rings. The van der Waals surface area contributed by atoms with E-state index in [0.29, 0.717) is 11.1 Å². The minimum Gasteiger partial charge on any atom is -0.459 e. The molecular weight excluding hydrogens is 360 g/mol. The maximum Gasteiger partial charge on any atom is 0.338 e. The van der Waals surface area contributed by atoms with Crippen molar-refractivity contribution in [2.24, 2.45) is 0 Å². The summed E-state index contributed by atoms with van der Waals surface area (Å²) in [5.74, 6) is -1.08. The van der Waals surface area contributed by atoms with Crippen molar-refractivity contribution in [2.75, 3.05) is 13.7 Å². The van der Waals surface area contributed by atoms with Crippen LogP contribution in [0, 0.1) is 13.8 Å². The van der Waals surface area contributed by atoms with Gasteiger partial charge in [-0.1, -0.05) is 35.4 Å². The van der Waals surface area contributed by atoms with E-state index in [-0.39, 0.29) is 6.61 Å². The third kappa shape index (κ3) is 4.97. The molecule has 0 bridgehead atoms. The normalized spacial score (nSPS) is 24.5. The minimum atomic E-state index is -0.961. The fraction of sp³-hybridized carbons (Fsp3) is 0.364. The second kappa shape index (κ2) is 8.99. The van der Waals surface area contributed by atoms with Crippen molar-refractivity contribution in [1.29, 1.82) is 0 Å². The molecule has 0 radical (unpaired) electrons. The smallest absolute Gasteiger partial charge is 0.338 e. The van der Waals surface area contributed by atoms with Gasteiger partial charge in [-0.05, 0) is 38.1 Å². The summed E-state index contributed by atoms with van der Waals surface area (Å²) >= 11 is 0. The number of carbonyl (C=O) groups excluding carboxylic acids is 2. The van der Waals surface area contributed by atoms with Gasteiger partial charge in [0.05, 0.1) is 11.1 Å². The first kappa shape index (κ1) is 18.7. The average molecular weight is 385 g/mol. The Morgan fingerprint density at radius 1 is 1.00 bits per heavy atom. The topological polar surface area (TPSA) is 71.1 Å². The van der Waals surface area contributed by atoms with Crippen molar-refractivity contribution in [1.82, 2.24) is 0 Å². The van der Waals surface area contributed by atoms with Gasteiger partial charge in [0.1, 0.15) is 18.8 Å². The number of hydrogen-bond acceptors (Lipinski definition) is 6. The lowest BCUT2D eigenvalue weighted by Gasteiger charge is -2.19. The highest BCUT2D eigenvalue weighted by Crippen LogP contribution is 2.25. The van der Waals surface area contributed by atoms with Gasteiger partial charge >= 0.3 is 11.9 Å². The van der Waals surface area contributed by atoms with E-state index < -0.39 is 36.8 Å². The van der Waals surface area contributed by atoms with Crippen LogP contribution in [0.3, 0.4) is 0 Å². The molecule has 0 amide bonds. The Morgan fingerprint density at radius 2 is 1.54 bits per heavy atom. The first-order valence-electron chi connectivity index (χ1n) is 9.58. The summed E-state index contributed by atoms with van der Waals surface area (Å²) in [5.41, 5.74) is 2.83. The summed E-state index contributed by atoms with van der Waals surface area (Å²) in [6.45, 7) is 3.68. The predicted octanol–water partition coefficient (Wildman–Crippen LogP) is 3.45. The van der Waals surface area contributed by atoms with Gasteiger partial charge in [-0.15, -0.1) is 0 Å².